The van der Waals surface area contributed by atoms with Crippen LogP contribution in [-0.4, -0.2) is 215 Å². The summed E-state index contributed by atoms with van der Waals surface area (Å²) in [7, 11) is -9.26. The van der Waals surface area contributed by atoms with Gasteiger partial charge in [-0.15, -0.1) is 0 Å². The maximum Gasteiger partial charge on any atom is 0.323 e. The van der Waals surface area contributed by atoms with Crippen LogP contribution in [0.25, 0.3) is 10.9 Å². The molecule has 1 aliphatic rings. The lowest BCUT2D eigenvalue weighted by Crippen LogP contribution is -2.54. The van der Waals surface area contributed by atoms with Crippen molar-refractivity contribution >= 4 is 66.7 Å². The Labute approximate surface area is 433 Å². The number of aliphatic hydroxyl groups excluding tert-OH is 2. The molecule has 1 fully saturated rings. The predicted octanol–water partition coefficient (Wildman–Crippen LogP) is -2.49. The highest BCUT2D eigenvalue weighted by Crippen LogP contribution is 2.22. The zero-order chi connectivity index (χ0) is 55.0. The monoisotopic (exact) mass is 1090 g/mol. The number of amides is 3. The number of nitrogens with one attached hydrogen (secondary N) is 6. The molecule has 4 aromatic rings. The van der Waals surface area contributed by atoms with Crippen molar-refractivity contribution in [2.45, 2.75) is 57.3 Å². The third-order valence-corrected chi connectivity index (χ3v) is 14.8. The highest BCUT2D eigenvalue weighted by molar-refractivity contribution is 7.89. The molecule has 27 nitrogen and oxygen atoms in total. The predicted molar refractivity (Wildman–Crippen MR) is 273 cm³/mol. The third-order valence-electron chi connectivity index (χ3n) is 12.2. The second kappa shape index (κ2) is 27.4. The molecule has 3 heterocycles. The van der Waals surface area contributed by atoms with Gasteiger partial charge >= 0.3 is 11.9 Å². The number of benzene rings is 2. The SMILES string of the molecule is Cc1cc(C)c(S(=O)(=O)NC(CNC(=O)c2cn(CCCNC(=O)[C@H](CS(=O)(=O)O)NC(=O)CN3CCN(CO)CCN(CO)CCN(CC(=O)O)CC3)c3cc(CNc4ncc[nH]4)ccc3c2=O)C(=O)O)c(C)c1. The van der Waals surface area contributed by atoms with Gasteiger partial charge in [0.2, 0.25) is 27.3 Å². The van der Waals surface area contributed by atoms with Crippen molar-refractivity contribution in [2.75, 3.05) is 103 Å². The van der Waals surface area contributed by atoms with Gasteiger partial charge in [0.15, 0.2) is 5.95 Å². The van der Waals surface area contributed by atoms with E-state index < -0.39 is 85.2 Å². The molecule has 75 heavy (non-hydrogen) atoms. The molecular weight excluding hydrogens is 1020 g/mol. The van der Waals surface area contributed by atoms with E-state index in [1.54, 1.807) is 81.6 Å². The summed E-state index contributed by atoms with van der Waals surface area (Å²) in [5, 5.41) is 49.7. The summed E-state index contributed by atoms with van der Waals surface area (Å²) in [5.41, 5.74) is 1.43. The fourth-order valence-corrected chi connectivity index (χ4v) is 10.8. The molecule has 0 radical (unpaired) electrons. The van der Waals surface area contributed by atoms with Gasteiger partial charge in [-0.05, 0) is 56.0 Å². The number of carbonyl (C=O) groups excluding carboxylic acids is 3. The Morgan fingerprint density at radius 3 is 1.95 bits per heavy atom. The minimum absolute atomic E-state index is 0.00524. The Balaban J connectivity index is 1.31. The number of aryl methyl sites for hydroxylation is 4. The lowest BCUT2D eigenvalue weighted by molar-refractivity contribution is -0.139. The highest BCUT2D eigenvalue weighted by atomic mass is 32.2. The molecule has 0 aliphatic carbocycles. The van der Waals surface area contributed by atoms with E-state index in [9.17, 15) is 70.6 Å². The van der Waals surface area contributed by atoms with Crippen molar-refractivity contribution < 1.29 is 65.8 Å². The number of aromatic amines is 1. The van der Waals surface area contributed by atoms with Crippen LogP contribution in [-0.2, 0) is 52.4 Å². The number of hydrogen-bond acceptors (Lipinski definition) is 18. The molecule has 11 N–H and O–H groups in total. The number of aliphatic carboxylic acids is 2. The summed E-state index contributed by atoms with van der Waals surface area (Å²) in [5.74, 6) is -6.21. The van der Waals surface area contributed by atoms with E-state index in [0.29, 0.717) is 47.8 Å². The van der Waals surface area contributed by atoms with E-state index in [1.165, 1.54) is 12.3 Å². The van der Waals surface area contributed by atoms with Crippen molar-refractivity contribution in [3.63, 3.8) is 0 Å². The minimum Gasteiger partial charge on any atom is -0.480 e. The largest absolute Gasteiger partial charge is 0.480 e. The molecule has 412 valence electrons. The summed E-state index contributed by atoms with van der Waals surface area (Å²) in [6, 6.07) is 4.46. The van der Waals surface area contributed by atoms with Crippen molar-refractivity contribution in [1.82, 2.24) is 54.8 Å². The highest BCUT2D eigenvalue weighted by Gasteiger charge is 2.30. The van der Waals surface area contributed by atoms with Crippen LogP contribution in [0.2, 0.25) is 0 Å². The number of rotatable bonds is 24. The molecular formula is C46H66N12O15S2. The average molecular weight is 1090 g/mol. The molecule has 1 saturated heterocycles. The minimum atomic E-state index is -4.85. The summed E-state index contributed by atoms with van der Waals surface area (Å²) in [4.78, 5) is 92.3. The molecule has 1 aliphatic heterocycles. The van der Waals surface area contributed by atoms with E-state index in [-0.39, 0.29) is 95.6 Å². The zero-order valence-electron chi connectivity index (χ0n) is 41.8. The van der Waals surface area contributed by atoms with Crippen LogP contribution in [0.15, 0.2) is 58.6 Å². The molecule has 29 heteroatoms. The van der Waals surface area contributed by atoms with Crippen LogP contribution in [0.3, 0.4) is 0 Å². The second-order valence-corrected chi connectivity index (χ2v) is 21.3. The molecule has 3 amide bonds. The summed E-state index contributed by atoms with van der Waals surface area (Å²) in [6.45, 7) is 4.98. The molecule has 2 aromatic carbocycles. The Kier molecular flexibility index (Phi) is 21.7. The van der Waals surface area contributed by atoms with E-state index in [2.05, 4.69) is 36.0 Å². The maximum absolute atomic E-state index is 13.9. The lowest BCUT2D eigenvalue weighted by atomic mass is 10.1. The van der Waals surface area contributed by atoms with Gasteiger partial charge < -0.3 is 51.2 Å². The maximum atomic E-state index is 13.9. The van der Waals surface area contributed by atoms with Gasteiger partial charge in [0.05, 0.1) is 37.0 Å². The van der Waals surface area contributed by atoms with E-state index >= 15 is 0 Å². The zero-order valence-corrected chi connectivity index (χ0v) is 43.5. The van der Waals surface area contributed by atoms with Crippen molar-refractivity contribution in [3.8, 4) is 0 Å². The standard InChI is InChI=1S/C46H66N12O15S2/c1-30-19-31(2)42(32(3)20-30)75(72,73)53-36(45(67)68)23-50-43(65)35-24-58(38-21-33(5-6-34(38)41(35)64)22-51-46-48-8-9-49-46)10-4-7-47-44(66)37(27-74(69,70)71)52-39(61)25-54-11-12-55(26-40(62)63)14-16-57(29-60)18-17-56(28-59)15-13-54/h5-6,8-9,19-21,24,36-37,53,59-60H,4,7,10-18,22-23,25-29H2,1-3H3,(H,47,66)(H,50,65)(H,52,61)(H,62,63)(H,67,68)(H2,48,49,51)(H,69,70,71)/t36?,37-/m0/s1. The van der Waals surface area contributed by atoms with Crippen LogP contribution >= 0.6 is 0 Å². The Bertz CT molecular complexity index is 2920. The number of aromatic nitrogens is 3. The summed E-state index contributed by atoms with van der Waals surface area (Å²) < 4.78 is 64.6. The topological polar surface area (TPSA) is 379 Å². The second-order valence-electron chi connectivity index (χ2n) is 18.1. The number of imidazole rings is 1. The Morgan fingerprint density at radius 1 is 0.800 bits per heavy atom. The quantitative estimate of drug-likeness (QED) is 0.0255. The number of hydrogen-bond donors (Lipinski definition) is 11. The lowest BCUT2D eigenvalue weighted by Gasteiger charge is -2.32. The average Bonchev–Trinajstić information content (AvgIpc) is 3.86. The van der Waals surface area contributed by atoms with Gasteiger partial charge in [0.1, 0.15) is 23.4 Å². The van der Waals surface area contributed by atoms with Gasteiger partial charge in [-0.25, -0.2) is 13.4 Å². The molecule has 0 spiro atoms. The molecule has 0 bridgehead atoms. The van der Waals surface area contributed by atoms with Gasteiger partial charge in [-0.1, -0.05) is 23.8 Å². The first-order valence-electron chi connectivity index (χ1n) is 23.8. The number of anilines is 1. The van der Waals surface area contributed by atoms with Crippen molar-refractivity contribution in [1.29, 1.82) is 0 Å². The van der Waals surface area contributed by atoms with Crippen LogP contribution in [0.5, 0.6) is 0 Å². The first kappa shape index (κ1) is 59.5. The molecule has 0 saturated carbocycles. The summed E-state index contributed by atoms with van der Waals surface area (Å²) >= 11 is 0. The number of pyridine rings is 1. The first-order chi connectivity index (χ1) is 35.5. The van der Waals surface area contributed by atoms with Gasteiger partial charge in [-0.3, -0.25) is 52.9 Å². The van der Waals surface area contributed by atoms with E-state index in [0.717, 1.165) is 5.56 Å². The third kappa shape index (κ3) is 18.1. The number of H-pyrrole nitrogens is 1. The van der Waals surface area contributed by atoms with Gasteiger partial charge in [0, 0.05) is 103 Å². The smallest absolute Gasteiger partial charge is 0.323 e. The Morgan fingerprint density at radius 2 is 1.40 bits per heavy atom. The van der Waals surface area contributed by atoms with Gasteiger partial charge in [-0.2, -0.15) is 13.1 Å². The van der Waals surface area contributed by atoms with E-state index in [4.69, 9.17) is 0 Å². The van der Waals surface area contributed by atoms with Crippen molar-refractivity contribution in [3.05, 3.63) is 87.0 Å². The summed E-state index contributed by atoms with van der Waals surface area (Å²) in [6.07, 6.45) is 4.47. The van der Waals surface area contributed by atoms with Crippen LogP contribution in [0.4, 0.5) is 5.95 Å². The number of carboxylic acid groups (broad SMARTS) is 2. The number of aliphatic hydroxyl groups is 2. The van der Waals surface area contributed by atoms with E-state index in [1.807, 2.05) is 0 Å². The number of sulfonamides is 1. The van der Waals surface area contributed by atoms with Crippen molar-refractivity contribution in [2.24, 2.45) is 0 Å². The fourth-order valence-electron chi connectivity index (χ4n) is 8.54. The molecule has 2 aromatic heterocycles. The molecule has 5 rings (SSSR count). The Hall–Kier alpha value is -6.41. The number of fused-ring (bicyclic) bond motifs is 1. The van der Waals surface area contributed by atoms with Crippen LogP contribution < -0.4 is 31.4 Å². The number of carboxylic acids is 2. The normalized spacial score (nSPS) is 15.8. The fraction of sp³-hybridized carbons (Fsp3) is 0.500. The number of nitrogens with zero attached hydrogens (tertiary/aromatic N) is 6. The van der Waals surface area contributed by atoms with Crippen LogP contribution in [0, 0.1) is 20.8 Å². The van der Waals surface area contributed by atoms with Gasteiger partial charge in [0.25, 0.3) is 16.0 Å². The van der Waals surface area contributed by atoms with Crippen LogP contribution in [0.1, 0.15) is 39.0 Å². The first-order valence-corrected chi connectivity index (χ1v) is 26.9. The number of carbonyl (C=O) groups is 5. The molecule has 2 atom stereocenters. The molecule has 1 unspecified atom stereocenters.